The molecule has 5 atom stereocenters. The monoisotopic (exact) mass is 224 g/mol. The number of methoxy groups -OCH3 is 1. The highest BCUT2D eigenvalue weighted by atomic mass is 16.5. The zero-order valence-electron chi connectivity index (χ0n) is 8.22. The largest absolute Gasteiger partial charge is 0.394 e. The van der Waals surface area contributed by atoms with Crippen molar-refractivity contribution in [3.05, 3.63) is 0 Å². The molecule has 0 rings (SSSR count). The Morgan fingerprint density at radius 3 is 2.00 bits per heavy atom. The van der Waals surface area contributed by atoms with Gasteiger partial charge in [-0.05, 0) is 0 Å². The predicted molar refractivity (Wildman–Crippen MR) is 48.0 cm³/mol. The maximum absolute atomic E-state index is 10.4. The van der Waals surface area contributed by atoms with Crippen LogP contribution in [0.25, 0.3) is 0 Å². The fraction of sp³-hybridized carbons (Fsp3) is 0.875. The molecule has 0 amide bonds. The molecule has 5 N–H and O–H groups in total. The van der Waals surface area contributed by atoms with E-state index in [2.05, 4.69) is 4.74 Å². The Morgan fingerprint density at radius 1 is 1.13 bits per heavy atom. The van der Waals surface area contributed by atoms with E-state index in [9.17, 15) is 20.1 Å². The van der Waals surface area contributed by atoms with E-state index in [0.717, 1.165) is 7.11 Å². The number of aliphatic hydroxyl groups is 5. The van der Waals surface area contributed by atoms with Crippen molar-refractivity contribution < 1.29 is 35.1 Å². The topological polar surface area (TPSA) is 127 Å². The van der Waals surface area contributed by atoms with Crippen LogP contribution in [-0.2, 0) is 9.53 Å². The molecule has 0 spiro atoms. The van der Waals surface area contributed by atoms with Crippen molar-refractivity contribution in [1.82, 2.24) is 0 Å². The fourth-order valence-electron chi connectivity index (χ4n) is 1.01. The molecule has 90 valence electrons. The number of ether oxygens (including phenoxy) is 1. The van der Waals surface area contributed by atoms with Crippen molar-refractivity contribution >= 4 is 6.29 Å². The SMILES string of the molecule is COC(C=O)C(O)C(O)C(O)C(O)CO. The van der Waals surface area contributed by atoms with Gasteiger partial charge in [-0.2, -0.15) is 0 Å². The summed E-state index contributed by atoms with van der Waals surface area (Å²) in [4.78, 5) is 10.4. The maximum Gasteiger partial charge on any atom is 0.151 e. The van der Waals surface area contributed by atoms with E-state index in [1.165, 1.54) is 0 Å². The number of rotatable bonds is 7. The van der Waals surface area contributed by atoms with Gasteiger partial charge in [0.2, 0.25) is 0 Å². The molecule has 0 aromatic heterocycles. The fourth-order valence-corrected chi connectivity index (χ4v) is 1.01. The van der Waals surface area contributed by atoms with Crippen molar-refractivity contribution in [3.63, 3.8) is 0 Å². The average Bonchev–Trinajstić information content (AvgIpc) is 2.27. The Hall–Kier alpha value is -0.570. The van der Waals surface area contributed by atoms with E-state index in [4.69, 9.17) is 10.2 Å². The van der Waals surface area contributed by atoms with Crippen LogP contribution in [0, 0.1) is 0 Å². The van der Waals surface area contributed by atoms with Crippen molar-refractivity contribution in [2.45, 2.75) is 30.5 Å². The molecule has 0 aliphatic carbocycles. The molecular formula is C8H16O7. The van der Waals surface area contributed by atoms with Gasteiger partial charge in [-0.25, -0.2) is 0 Å². The van der Waals surface area contributed by atoms with Crippen LogP contribution in [0.3, 0.4) is 0 Å². The second kappa shape index (κ2) is 6.83. The van der Waals surface area contributed by atoms with Crippen molar-refractivity contribution in [1.29, 1.82) is 0 Å². The summed E-state index contributed by atoms with van der Waals surface area (Å²) < 4.78 is 4.51. The van der Waals surface area contributed by atoms with Crippen LogP contribution in [0.15, 0.2) is 0 Å². The molecule has 0 bridgehead atoms. The third kappa shape index (κ3) is 3.82. The number of hydrogen-bond donors (Lipinski definition) is 5. The van der Waals surface area contributed by atoms with Gasteiger partial charge in [-0.3, -0.25) is 0 Å². The maximum atomic E-state index is 10.4. The zero-order valence-corrected chi connectivity index (χ0v) is 8.22. The smallest absolute Gasteiger partial charge is 0.151 e. The molecule has 0 aromatic carbocycles. The number of carbonyl (C=O) groups excluding carboxylic acids is 1. The van der Waals surface area contributed by atoms with Gasteiger partial charge in [0, 0.05) is 7.11 Å². The quantitative estimate of drug-likeness (QED) is 0.286. The Morgan fingerprint density at radius 2 is 1.67 bits per heavy atom. The van der Waals surface area contributed by atoms with Crippen LogP contribution in [0.4, 0.5) is 0 Å². The molecule has 15 heavy (non-hydrogen) atoms. The second-order valence-corrected chi connectivity index (χ2v) is 3.06. The minimum Gasteiger partial charge on any atom is -0.394 e. The Bertz CT molecular complexity index is 186. The number of hydrogen-bond acceptors (Lipinski definition) is 7. The number of aldehydes is 1. The molecule has 0 radical (unpaired) electrons. The van der Waals surface area contributed by atoms with Gasteiger partial charge < -0.3 is 35.1 Å². The number of carbonyl (C=O) groups is 1. The molecule has 7 nitrogen and oxygen atoms in total. The highest BCUT2D eigenvalue weighted by molar-refractivity contribution is 5.57. The minimum atomic E-state index is -1.79. The van der Waals surface area contributed by atoms with Crippen molar-refractivity contribution in [3.8, 4) is 0 Å². The molecule has 0 aliphatic heterocycles. The molecule has 0 saturated heterocycles. The third-order valence-electron chi connectivity index (χ3n) is 2.02. The summed E-state index contributed by atoms with van der Waals surface area (Å²) in [7, 11) is 1.14. The highest BCUT2D eigenvalue weighted by Crippen LogP contribution is 2.09. The van der Waals surface area contributed by atoms with Gasteiger partial charge >= 0.3 is 0 Å². The lowest BCUT2D eigenvalue weighted by Crippen LogP contribution is -2.50. The van der Waals surface area contributed by atoms with Crippen LogP contribution in [0.2, 0.25) is 0 Å². The van der Waals surface area contributed by atoms with Crippen LogP contribution in [-0.4, -0.2) is 76.1 Å². The van der Waals surface area contributed by atoms with Crippen LogP contribution in [0.5, 0.6) is 0 Å². The molecule has 0 aliphatic rings. The average molecular weight is 224 g/mol. The van der Waals surface area contributed by atoms with E-state index in [1.807, 2.05) is 0 Å². The Kier molecular flexibility index (Phi) is 6.57. The molecule has 7 heteroatoms. The molecule has 5 unspecified atom stereocenters. The highest BCUT2D eigenvalue weighted by Gasteiger charge is 2.34. The number of aliphatic hydroxyl groups excluding tert-OH is 5. The van der Waals surface area contributed by atoms with Crippen molar-refractivity contribution in [2.24, 2.45) is 0 Å². The molecule has 0 fully saturated rings. The first-order valence-corrected chi connectivity index (χ1v) is 4.30. The van der Waals surface area contributed by atoms with Gasteiger partial charge in [-0.15, -0.1) is 0 Å². The lowest BCUT2D eigenvalue weighted by molar-refractivity contribution is -0.152. The summed E-state index contributed by atoms with van der Waals surface area (Å²) in [5.74, 6) is 0. The Balaban J connectivity index is 4.40. The lowest BCUT2D eigenvalue weighted by atomic mass is 10.00. The van der Waals surface area contributed by atoms with Gasteiger partial charge in [0.25, 0.3) is 0 Å². The molecule has 0 aromatic rings. The first kappa shape index (κ1) is 14.4. The first-order chi connectivity index (χ1) is 6.99. The normalized spacial score (nSPS) is 21.5. The van der Waals surface area contributed by atoms with Gasteiger partial charge in [0.15, 0.2) is 6.29 Å². The van der Waals surface area contributed by atoms with Gasteiger partial charge in [0.05, 0.1) is 6.61 Å². The molecule has 0 saturated carbocycles. The van der Waals surface area contributed by atoms with E-state index in [-0.39, 0.29) is 6.29 Å². The third-order valence-corrected chi connectivity index (χ3v) is 2.02. The summed E-state index contributed by atoms with van der Waals surface area (Å²) in [5, 5.41) is 45.3. The van der Waals surface area contributed by atoms with Gasteiger partial charge in [0.1, 0.15) is 30.5 Å². The lowest BCUT2D eigenvalue weighted by Gasteiger charge is -2.27. The van der Waals surface area contributed by atoms with Crippen LogP contribution in [0.1, 0.15) is 0 Å². The van der Waals surface area contributed by atoms with E-state index in [0.29, 0.717) is 0 Å². The minimum absolute atomic E-state index is 0.256. The van der Waals surface area contributed by atoms with E-state index in [1.54, 1.807) is 0 Å². The predicted octanol–water partition coefficient (Wildman–Crippen LogP) is -3.36. The standard InChI is InChI=1S/C8H16O7/c1-15-5(3-10)7(13)8(14)6(12)4(11)2-9/h3-9,11-14H,2H2,1H3. The second-order valence-electron chi connectivity index (χ2n) is 3.06. The first-order valence-electron chi connectivity index (χ1n) is 4.30. The summed E-state index contributed by atoms with van der Waals surface area (Å²) in [6, 6.07) is 0. The zero-order chi connectivity index (χ0) is 12.0. The van der Waals surface area contributed by atoms with Crippen molar-refractivity contribution in [2.75, 3.05) is 13.7 Å². The van der Waals surface area contributed by atoms with Crippen LogP contribution >= 0.6 is 0 Å². The summed E-state index contributed by atoms with van der Waals surface area (Å²) in [5.41, 5.74) is 0. The molecular weight excluding hydrogens is 208 g/mol. The summed E-state index contributed by atoms with van der Waals surface area (Å²) in [6.45, 7) is -0.774. The van der Waals surface area contributed by atoms with Crippen LogP contribution < -0.4 is 0 Å². The molecule has 0 heterocycles. The van der Waals surface area contributed by atoms with Gasteiger partial charge in [-0.1, -0.05) is 0 Å². The van der Waals surface area contributed by atoms with E-state index < -0.39 is 37.1 Å². The Labute approximate surface area is 86.5 Å². The summed E-state index contributed by atoms with van der Waals surface area (Å²) >= 11 is 0. The van der Waals surface area contributed by atoms with E-state index >= 15 is 0 Å². The summed E-state index contributed by atoms with van der Waals surface area (Å²) in [6.07, 6.45) is -7.88.